The molecule has 0 aliphatic carbocycles. The quantitative estimate of drug-likeness (QED) is 0.898. The van der Waals surface area contributed by atoms with Gasteiger partial charge >= 0.3 is 0 Å². The van der Waals surface area contributed by atoms with Crippen molar-refractivity contribution in [2.24, 2.45) is 0 Å². The number of benzene rings is 1. The van der Waals surface area contributed by atoms with E-state index in [-0.39, 0.29) is 11.2 Å². The number of nitrogens with two attached hydrogens (primary N) is 1. The Bertz CT molecular complexity index is 495. The van der Waals surface area contributed by atoms with Gasteiger partial charge in [-0.3, -0.25) is 0 Å². The molecule has 0 radical (unpaired) electrons. The minimum Gasteiger partial charge on any atom is -0.497 e. The average molecular weight is 251 g/mol. The van der Waals surface area contributed by atoms with Crippen LogP contribution in [-0.4, -0.2) is 22.1 Å². The fourth-order valence-electron chi connectivity index (χ4n) is 1.41. The molecule has 0 aliphatic rings. The molecular formula is C11H11ClN4O. The Morgan fingerprint density at radius 2 is 1.88 bits per heavy atom. The van der Waals surface area contributed by atoms with E-state index in [0.29, 0.717) is 12.2 Å². The number of rotatable bonds is 3. The van der Waals surface area contributed by atoms with Gasteiger partial charge in [0, 0.05) is 6.42 Å². The predicted octanol–water partition coefficient (Wildman–Crippen LogP) is 1.71. The highest BCUT2D eigenvalue weighted by Crippen LogP contribution is 2.14. The van der Waals surface area contributed by atoms with Gasteiger partial charge in [0.15, 0.2) is 0 Å². The number of hydrogen-bond acceptors (Lipinski definition) is 5. The highest BCUT2D eigenvalue weighted by Gasteiger charge is 2.04. The van der Waals surface area contributed by atoms with Gasteiger partial charge in [0.2, 0.25) is 11.2 Å². The molecule has 0 saturated carbocycles. The van der Waals surface area contributed by atoms with Crippen molar-refractivity contribution in [3.63, 3.8) is 0 Å². The van der Waals surface area contributed by atoms with E-state index < -0.39 is 0 Å². The molecule has 17 heavy (non-hydrogen) atoms. The molecule has 0 atom stereocenters. The molecule has 88 valence electrons. The maximum Gasteiger partial charge on any atom is 0.227 e. The number of anilines is 1. The van der Waals surface area contributed by atoms with Gasteiger partial charge in [-0.05, 0) is 29.3 Å². The van der Waals surface area contributed by atoms with Gasteiger partial charge in [0.05, 0.1) is 7.11 Å². The van der Waals surface area contributed by atoms with E-state index in [1.54, 1.807) is 7.11 Å². The second-order valence-corrected chi connectivity index (χ2v) is 3.74. The summed E-state index contributed by atoms with van der Waals surface area (Å²) in [6.45, 7) is 0. The first-order valence-corrected chi connectivity index (χ1v) is 5.34. The molecule has 0 fully saturated rings. The van der Waals surface area contributed by atoms with Crippen LogP contribution in [0.5, 0.6) is 5.75 Å². The maximum absolute atomic E-state index is 5.70. The van der Waals surface area contributed by atoms with E-state index in [4.69, 9.17) is 22.1 Å². The summed E-state index contributed by atoms with van der Waals surface area (Å²) < 4.78 is 5.08. The van der Waals surface area contributed by atoms with Crippen molar-refractivity contribution >= 4 is 17.5 Å². The Hall–Kier alpha value is -1.88. The summed E-state index contributed by atoms with van der Waals surface area (Å²) >= 11 is 5.70. The zero-order valence-electron chi connectivity index (χ0n) is 9.22. The Morgan fingerprint density at radius 1 is 1.18 bits per heavy atom. The number of nitrogen functional groups attached to an aromatic ring is 1. The van der Waals surface area contributed by atoms with Gasteiger partial charge in [-0.1, -0.05) is 12.1 Å². The van der Waals surface area contributed by atoms with Crippen LogP contribution in [0.2, 0.25) is 5.28 Å². The SMILES string of the molecule is COc1ccc(Cc2nc(N)nc(Cl)n2)cc1. The second kappa shape index (κ2) is 4.97. The van der Waals surface area contributed by atoms with E-state index in [0.717, 1.165) is 11.3 Å². The van der Waals surface area contributed by atoms with Crippen molar-refractivity contribution in [3.05, 3.63) is 40.9 Å². The molecule has 0 aliphatic heterocycles. The molecule has 1 heterocycles. The van der Waals surface area contributed by atoms with Gasteiger partial charge in [0.1, 0.15) is 11.6 Å². The van der Waals surface area contributed by atoms with Crippen LogP contribution in [-0.2, 0) is 6.42 Å². The van der Waals surface area contributed by atoms with Crippen LogP contribution in [0.1, 0.15) is 11.4 Å². The van der Waals surface area contributed by atoms with Crippen molar-refractivity contribution in [2.75, 3.05) is 12.8 Å². The molecule has 0 bridgehead atoms. The molecule has 1 aromatic heterocycles. The van der Waals surface area contributed by atoms with E-state index in [2.05, 4.69) is 15.0 Å². The van der Waals surface area contributed by atoms with Crippen molar-refractivity contribution in [3.8, 4) is 5.75 Å². The first kappa shape index (κ1) is 11.6. The highest BCUT2D eigenvalue weighted by molar-refractivity contribution is 6.28. The summed E-state index contributed by atoms with van der Waals surface area (Å²) in [4.78, 5) is 11.7. The zero-order valence-corrected chi connectivity index (χ0v) is 9.98. The number of methoxy groups -OCH3 is 1. The molecule has 2 rings (SSSR count). The smallest absolute Gasteiger partial charge is 0.227 e. The van der Waals surface area contributed by atoms with Crippen molar-refractivity contribution in [2.45, 2.75) is 6.42 Å². The second-order valence-electron chi connectivity index (χ2n) is 3.40. The van der Waals surface area contributed by atoms with Crippen molar-refractivity contribution in [1.29, 1.82) is 0 Å². The van der Waals surface area contributed by atoms with Crippen molar-refractivity contribution < 1.29 is 4.74 Å². The van der Waals surface area contributed by atoms with Gasteiger partial charge in [-0.15, -0.1) is 0 Å². The van der Waals surface area contributed by atoms with E-state index in [9.17, 15) is 0 Å². The third-order valence-electron chi connectivity index (χ3n) is 2.19. The van der Waals surface area contributed by atoms with E-state index >= 15 is 0 Å². The molecule has 6 heteroatoms. The van der Waals surface area contributed by atoms with E-state index in [1.807, 2.05) is 24.3 Å². The molecule has 5 nitrogen and oxygen atoms in total. The molecule has 0 saturated heterocycles. The lowest BCUT2D eigenvalue weighted by atomic mass is 10.1. The molecular weight excluding hydrogens is 240 g/mol. The normalized spacial score (nSPS) is 10.2. The number of ether oxygens (including phenoxy) is 1. The molecule has 0 amide bonds. The highest BCUT2D eigenvalue weighted by atomic mass is 35.5. The number of aromatic nitrogens is 3. The lowest BCUT2D eigenvalue weighted by Gasteiger charge is -2.03. The molecule has 0 spiro atoms. The zero-order chi connectivity index (χ0) is 12.3. The first-order valence-electron chi connectivity index (χ1n) is 4.96. The topological polar surface area (TPSA) is 73.9 Å². The number of hydrogen-bond donors (Lipinski definition) is 1. The molecule has 1 aromatic carbocycles. The van der Waals surface area contributed by atoms with Gasteiger partial charge in [0.25, 0.3) is 0 Å². The lowest BCUT2D eigenvalue weighted by molar-refractivity contribution is 0.414. The fourth-order valence-corrected chi connectivity index (χ4v) is 1.60. The van der Waals surface area contributed by atoms with Crippen LogP contribution in [0.3, 0.4) is 0 Å². The van der Waals surface area contributed by atoms with Gasteiger partial charge in [-0.2, -0.15) is 9.97 Å². The summed E-state index contributed by atoms with van der Waals surface area (Å²) in [5, 5.41) is 0.112. The predicted molar refractivity (Wildman–Crippen MR) is 65.0 cm³/mol. The minimum atomic E-state index is 0.112. The van der Waals surface area contributed by atoms with Crippen LogP contribution < -0.4 is 10.5 Å². The largest absolute Gasteiger partial charge is 0.497 e. The summed E-state index contributed by atoms with van der Waals surface area (Å²) in [5.74, 6) is 1.49. The minimum absolute atomic E-state index is 0.112. The van der Waals surface area contributed by atoms with Crippen LogP contribution in [0.4, 0.5) is 5.95 Å². The van der Waals surface area contributed by atoms with Crippen LogP contribution in [0, 0.1) is 0 Å². The lowest BCUT2D eigenvalue weighted by Crippen LogP contribution is -2.03. The molecule has 2 N–H and O–H groups in total. The number of nitrogens with zero attached hydrogens (tertiary/aromatic N) is 3. The summed E-state index contributed by atoms with van der Waals surface area (Å²) in [5.41, 5.74) is 6.54. The first-order chi connectivity index (χ1) is 8.17. The Kier molecular flexibility index (Phi) is 3.39. The fraction of sp³-hybridized carbons (Fsp3) is 0.182. The standard InChI is InChI=1S/C11H11ClN4O/c1-17-8-4-2-7(3-5-8)6-9-14-10(12)16-11(13)15-9/h2-5H,6H2,1H3,(H2,13,14,15,16). The Balaban J connectivity index is 2.19. The molecule has 0 unspecified atom stereocenters. The third kappa shape index (κ3) is 3.04. The Morgan fingerprint density at radius 3 is 2.47 bits per heavy atom. The summed E-state index contributed by atoms with van der Waals surface area (Å²) in [7, 11) is 1.63. The average Bonchev–Trinajstić information content (AvgIpc) is 2.28. The van der Waals surface area contributed by atoms with Crippen molar-refractivity contribution in [1.82, 2.24) is 15.0 Å². The maximum atomic E-state index is 5.70. The summed E-state index contributed by atoms with van der Waals surface area (Å²) in [6.07, 6.45) is 0.552. The monoisotopic (exact) mass is 250 g/mol. The van der Waals surface area contributed by atoms with Crippen LogP contribution in [0.25, 0.3) is 0 Å². The summed E-state index contributed by atoms with van der Waals surface area (Å²) in [6, 6.07) is 7.63. The molecule has 2 aromatic rings. The van der Waals surface area contributed by atoms with Crippen LogP contribution >= 0.6 is 11.6 Å². The third-order valence-corrected chi connectivity index (χ3v) is 2.36. The Labute approximate surface area is 104 Å². The van der Waals surface area contributed by atoms with Gasteiger partial charge < -0.3 is 10.5 Å². The van der Waals surface area contributed by atoms with Gasteiger partial charge in [-0.25, -0.2) is 4.98 Å². The van der Waals surface area contributed by atoms with E-state index in [1.165, 1.54) is 0 Å². The number of halogens is 1. The van der Waals surface area contributed by atoms with Crippen LogP contribution in [0.15, 0.2) is 24.3 Å².